The van der Waals surface area contributed by atoms with Crippen molar-refractivity contribution in [3.05, 3.63) is 89.7 Å². The van der Waals surface area contributed by atoms with Gasteiger partial charge in [0.05, 0.1) is 16.1 Å². The summed E-state index contributed by atoms with van der Waals surface area (Å²) in [6.45, 7) is 2.38. The Morgan fingerprint density at radius 1 is 0.919 bits per heavy atom. The molecule has 0 saturated carbocycles. The maximum absolute atomic E-state index is 13.4. The number of carbonyl (C=O) groups excluding carboxylic acids is 1. The second-order valence-corrected chi connectivity index (χ2v) is 10.6. The van der Waals surface area contributed by atoms with Gasteiger partial charge in [0, 0.05) is 31.9 Å². The summed E-state index contributed by atoms with van der Waals surface area (Å²) in [6.07, 6.45) is -4.46. The molecular weight excluding hydrogens is 510 g/mol. The van der Waals surface area contributed by atoms with Crippen molar-refractivity contribution in [2.75, 3.05) is 41.9 Å². The quantitative estimate of drug-likeness (QED) is 0.430. The Kier molecular flexibility index (Phi) is 7.44. The maximum atomic E-state index is 13.4. The van der Waals surface area contributed by atoms with Gasteiger partial charge in [0.2, 0.25) is 5.91 Å². The highest BCUT2D eigenvalue weighted by molar-refractivity contribution is 7.92. The Hall–Kier alpha value is -3.60. The van der Waals surface area contributed by atoms with Crippen LogP contribution in [0.25, 0.3) is 0 Å². The van der Waals surface area contributed by atoms with Crippen LogP contribution in [0.1, 0.15) is 11.1 Å². The zero-order chi connectivity index (χ0) is 26.8. The van der Waals surface area contributed by atoms with Gasteiger partial charge >= 0.3 is 6.18 Å². The minimum atomic E-state index is -4.46. The van der Waals surface area contributed by atoms with E-state index in [0.29, 0.717) is 18.8 Å². The first kappa shape index (κ1) is 26.5. The van der Waals surface area contributed by atoms with E-state index >= 15 is 0 Å². The molecule has 0 bridgehead atoms. The van der Waals surface area contributed by atoms with E-state index in [1.807, 2.05) is 6.92 Å². The minimum absolute atomic E-state index is 0.156. The summed E-state index contributed by atoms with van der Waals surface area (Å²) in [6, 6.07) is 16.0. The molecule has 37 heavy (non-hydrogen) atoms. The highest BCUT2D eigenvalue weighted by Gasteiger charge is 2.32. The topological polar surface area (TPSA) is 60.9 Å². The molecule has 0 N–H and O–H groups in total. The van der Waals surface area contributed by atoms with Crippen LogP contribution in [0.4, 0.5) is 28.9 Å². The Labute approximate surface area is 212 Å². The fourth-order valence-corrected chi connectivity index (χ4v) is 5.49. The molecule has 0 aliphatic carbocycles. The van der Waals surface area contributed by atoms with Crippen LogP contribution in [-0.4, -0.2) is 51.9 Å². The molecule has 1 amide bonds. The van der Waals surface area contributed by atoms with Crippen molar-refractivity contribution in [1.29, 1.82) is 0 Å². The first-order valence-electron chi connectivity index (χ1n) is 11.5. The van der Waals surface area contributed by atoms with E-state index in [1.165, 1.54) is 11.0 Å². The van der Waals surface area contributed by atoms with Gasteiger partial charge in [0.15, 0.2) is 0 Å². The SMILES string of the molecule is Cc1ccc(N(CC(=O)N2CCN(c3cccc(C(F)(F)F)c3)CC2)S(=O)(=O)c2ccc(F)cc2)cc1. The van der Waals surface area contributed by atoms with Gasteiger partial charge in [-0.25, -0.2) is 12.8 Å². The van der Waals surface area contributed by atoms with Crippen LogP contribution in [0.3, 0.4) is 0 Å². The average Bonchev–Trinajstić information content (AvgIpc) is 2.87. The zero-order valence-corrected chi connectivity index (χ0v) is 20.8. The minimum Gasteiger partial charge on any atom is -0.368 e. The van der Waals surface area contributed by atoms with Crippen molar-refractivity contribution in [1.82, 2.24) is 4.90 Å². The first-order valence-corrected chi connectivity index (χ1v) is 12.9. The highest BCUT2D eigenvalue weighted by atomic mass is 32.2. The summed E-state index contributed by atoms with van der Waals surface area (Å²) in [7, 11) is -4.19. The number of benzene rings is 3. The molecule has 0 spiro atoms. The van der Waals surface area contributed by atoms with Crippen molar-refractivity contribution in [3.63, 3.8) is 0 Å². The number of hydrogen-bond acceptors (Lipinski definition) is 4. The summed E-state index contributed by atoms with van der Waals surface area (Å²) in [4.78, 5) is 16.3. The second-order valence-electron chi connectivity index (χ2n) is 8.72. The number of anilines is 2. The Balaban J connectivity index is 1.51. The maximum Gasteiger partial charge on any atom is 0.416 e. The highest BCUT2D eigenvalue weighted by Crippen LogP contribution is 2.32. The van der Waals surface area contributed by atoms with E-state index < -0.39 is 40.0 Å². The zero-order valence-electron chi connectivity index (χ0n) is 20.0. The van der Waals surface area contributed by atoms with Crippen LogP contribution in [0.5, 0.6) is 0 Å². The lowest BCUT2D eigenvalue weighted by atomic mass is 10.1. The van der Waals surface area contributed by atoms with Crippen molar-refractivity contribution >= 4 is 27.3 Å². The lowest BCUT2D eigenvalue weighted by Gasteiger charge is -2.37. The molecule has 1 saturated heterocycles. The van der Waals surface area contributed by atoms with Gasteiger partial charge < -0.3 is 9.80 Å². The molecule has 1 aliphatic rings. The van der Waals surface area contributed by atoms with Gasteiger partial charge in [0.1, 0.15) is 12.4 Å². The predicted octanol–water partition coefficient (Wildman–Crippen LogP) is 4.70. The number of alkyl halides is 3. The van der Waals surface area contributed by atoms with Crippen molar-refractivity contribution in [3.8, 4) is 0 Å². The van der Waals surface area contributed by atoms with Crippen LogP contribution in [0.15, 0.2) is 77.7 Å². The van der Waals surface area contributed by atoms with Gasteiger partial charge in [0.25, 0.3) is 10.0 Å². The van der Waals surface area contributed by atoms with Crippen molar-refractivity contribution < 1.29 is 30.8 Å². The van der Waals surface area contributed by atoms with E-state index in [1.54, 1.807) is 35.2 Å². The normalized spacial score (nSPS) is 14.5. The number of sulfonamides is 1. The molecule has 3 aromatic carbocycles. The van der Waals surface area contributed by atoms with E-state index in [2.05, 4.69) is 0 Å². The molecule has 0 atom stereocenters. The molecule has 6 nitrogen and oxygen atoms in total. The molecule has 0 radical (unpaired) electrons. The number of rotatable bonds is 6. The monoisotopic (exact) mass is 535 g/mol. The Morgan fingerprint density at radius 2 is 1.54 bits per heavy atom. The van der Waals surface area contributed by atoms with E-state index in [4.69, 9.17) is 0 Å². The molecule has 4 rings (SSSR count). The number of hydrogen-bond donors (Lipinski definition) is 0. The predicted molar refractivity (Wildman–Crippen MR) is 132 cm³/mol. The van der Waals surface area contributed by atoms with Gasteiger partial charge in [-0.3, -0.25) is 9.10 Å². The second kappa shape index (κ2) is 10.4. The summed E-state index contributed by atoms with van der Waals surface area (Å²) in [5.74, 6) is -1.04. The van der Waals surface area contributed by atoms with Crippen molar-refractivity contribution in [2.24, 2.45) is 0 Å². The van der Waals surface area contributed by atoms with Gasteiger partial charge in [-0.2, -0.15) is 13.2 Å². The third-order valence-electron chi connectivity index (χ3n) is 6.17. The Morgan fingerprint density at radius 3 is 2.14 bits per heavy atom. The molecule has 0 unspecified atom stereocenters. The fourth-order valence-electron chi connectivity index (χ4n) is 4.08. The number of carbonyl (C=O) groups is 1. The van der Waals surface area contributed by atoms with Gasteiger partial charge in [-0.05, 0) is 61.5 Å². The third kappa shape index (κ3) is 6.04. The molecule has 0 aromatic heterocycles. The lowest BCUT2D eigenvalue weighted by molar-refractivity contribution is -0.137. The van der Waals surface area contributed by atoms with Gasteiger partial charge in [-0.15, -0.1) is 0 Å². The smallest absolute Gasteiger partial charge is 0.368 e. The largest absolute Gasteiger partial charge is 0.416 e. The molecule has 1 heterocycles. The standard InChI is InChI=1S/C26H25F4N3O3S/c1-19-5-9-22(10-6-19)33(37(35,36)24-11-7-21(27)8-12-24)18-25(34)32-15-13-31(14-16-32)23-4-2-3-20(17-23)26(28,29)30/h2-12,17H,13-16,18H2,1H3. The molecule has 11 heteroatoms. The molecular formula is C26H25F4N3O3S. The number of amides is 1. The van der Waals surface area contributed by atoms with E-state index in [9.17, 15) is 30.8 Å². The van der Waals surface area contributed by atoms with Gasteiger partial charge in [-0.1, -0.05) is 23.8 Å². The number of aryl methyl sites for hydroxylation is 1. The molecule has 3 aromatic rings. The van der Waals surface area contributed by atoms with Crippen LogP contribution in [0.2, 0.25) is 0 Å². The number of piperazine rings is 1. The fraction of sp³-hybridized carbons (Fsp3) is 0.269. The summed E-state index contributed by atoms with van der Waals surface area (Å²) >= 11 is 0. The molecule has 196 valence electrons. The summed E-state index contributed by atoms with van der Waals surface area (Å²) < 4.78 is 80.5. The van der Waals surface area contributed by atoms with E-state index in [0.717, 1.165) is 46.3 Å². The number of halogens is 4. The van der Waals surface area contributed by atoms with Crippen molar-refractivity contribution in [2.45, 2.75) is 18.0 Å². The van der Waals surface area contributed by atoms with Crippen LogP contribution >= 0.6 is 0 Å². The number of nitrogens with zero attached hydrogens (tertiary/aromatic N) is 3. The van der Waals surface area contributed by atoms with Crippen LogP contribution in [0, 0.1) is 12.7 Å². The first-order chi connectivity index (χ1) is 17.4. The lowest BCUT2D eigenvalue weighted by Crippen LogP contribution is -2.52. The van der Waals surface area contributed by atoms with E-state index in [-0.39, 0.29) is 23.7 Å². The van der Waals surface area contributed by atoms with Crippen LogP contribution in [-0.2, 0) is 21.0 Å². The third-order valence-corrected chi connectivity index (χ3v) is 7.96. The molecule has 1 aliphatic heterocycles. The molecule has 1 fully saturated rings. The Bertz CT molecular complexity index is 1350. The average molecular weight is 536 g/mol. The summed E-state index contributed by atoms with van der Waals surface area (Å²) in [5.41, 5.74) is 0.844. The van der Waals surface area contributed by atoms with Crippen LogP contribution < -0.4 is 9.21 Å². The summed E-state index contributed by atoms with van der Waals surface area (Å²) in [5, 5.41) is 0.